The highest BCUT2D eigenvalue weighted by Gasteiger charge is 2.26. The number of rotatable bonds is 5. The zero-order valence-electron chi connectivity index (χ0n) is 17.0. The van der Waals surface area contributed by atoms with Gasteiger partial charge in [0.05, 0.1) is 11.7 Å². The van der Waals surface area contributed by atoms with Crippen LogP contribution in [0.1, 0.15) is 31.4 Å². The number of hydrogen-bond acceptors (Lipinski definition) is 4. The molecule has 1 atom stereocenters. The second-order valence-electron chi connectivity index (χ2n) is 7.69. The molecule has 4 rings (SSSR count). The highest BCUT2D eigenvalue weighted by Crippen LogP contribution is 2.25. The van der Waals surface area contributed by atoms with Crippen molar-refractivity contribution in [2.45, 2.75) is 25.8 Å². The topological polar surface area (TPSA) is 58.1 Å². The summed E-state index contributed by atoms with van der Waals surface area (Å²) in [5.74, 6) is 1.02. The minimum atomic E-state index is 0.0167. The maximum absolute atomic E-state index is 12.7. The third-order valence-corrected chi connectivity index (χ3v) is 5.89. The Morgan fingerprint density at radius 3 is 2.33 bits per heavy atom. The molecule has 1 N–H and O–H groups in total. The van der Waals surface area contributed by atoms with Crippen LogP contribution in [0.15, 0.2) is 66.7 Å². The van der Waals surface area contributed by atoms with Crippen molar-refractivity contribution < 1.29 is 4.79 Å². The molecule has 1 aliphatic heterocycles. The molecule has 1 saturated heterocycles. The molecule has 1 aliphatic rings. The Labute approximate surface area is 182 Å². The molecule has 6 heteroatoms. The van der Waals surface area contributed by atoms with Crippen molar-refractivity contribution in [3.8, 4) is 11.3 Å². The van der Waals surface area contributed by atoms with Gasteiger partial charge in [0.2, 0.25) is 5.91 Å². The van der Waals surface area contributed by atoms with Gasteiger partial charge in [-0.25, -0.2) is 0 Å². The second-order valence-corrected chi connectivity index (χ2v) is 8.12. The molecule has 1 amide bonds. The molecular weight excluding hydrogens is 396 g/mol. The SMILES string of the molecule is CC(NC(=O)C1CCN(c2ccc(-c3ccc(Cl)cc3)nn2)CC1)c1ccccc1. The van der Waals surface area contributed by atoms with Crippen LogP contribution in [-0.2, 0) is 4.79 Å². The third kappa shape index (κ3) is 4.79. The van der Waals surface area contributed by atoms with Crippen LogP contribution in [0.4, 0.5) is 5.82 Å². The number of nitrogens with zero attached hydrogens (tertiary/aromatic N) is 3. The van der Waals surface area contributed by atoms with Crippen LogP contribution in [0.3, 0.4) is 0 Å². The minimum absolute atomic E-state index is 0.0167. The van der Waals surface area contributed by atoms with Crippen molar-refractivity contribution in [2.75, 3.05) is 18.0 Å². The molecule has 0 bridgehead atoms. The van der Waals surface area contributed by atoms with E-state index in [1.165, 1.54) is 0 Å². The molecule has 2 aromatic carbocycles. The van der Waals surface area contributed by atoms with Gasteiger partial charge < -0.3 is 10.2 Å². The Bertz CT molecular complexity index is 968. The van der Waals surface area contributed by atoms with E-state index in [2.05, 4.69) is 20.4 Å². The predicted molar refractivity (Wildman–Crippen MR) is 120 cm³/mol. The number of hydrogen-bond donors (Lipinski definition) is 1. The van der Waals surface area contributed by atoms with Crippen LogP contribution in [0.2, 0.25) is 5.02 Å². The zero-order chi connectivity index (χ0) is 20.9. The molecule has 30 heavy (non-hydrogen) atoms. The van der Waals surface area contributed by atoms with E-state index in [0.29, 0.717) is 5.02 Å². The highest BCUT2D eigenvalue weighted by molar-refractivity contribution is 6.30. The van der Waals surface area contributed by atoms with Gasteiger partial charge in [-0.3, -0.25) is 4.79 Å². The van der Waals surface area contributed by atoms with Crippen LogP contribution >= 0.6 is 11.6 Å². The molecule has 0 saturated carbocycles. The summed E-state index contributed by atoms with van der Waals surface area (Å²) in [6, 6.07) is 21.6. The highest BCUT2D eigenvalue weighted by atomic mass is 35.5. The summed E-state index contributed by atoms with van der Waals surface area (Å²) in [5, 5.41) is 12.6. The van der Waals surface area contributed by atoms with Crippen molar-refractivity contribution in [1.82, 2.24) is 15.5 Å². The summed E-state index contributed by atoms with van der Waals surface area (Å²) in [6.45, 7) is 3.62. The van der Waals surface area contributed by atoms with E-state index in [-0.39, 0.29) is 17.9 Å². The van der Waals surface area contributed by atoms with Crippen molar-refractivity contribution in [2.24, 2.45) is 5.92 Å². The number of benzene rings is 2. The number of halogens is 1. The van der Waals surface area contributed by atoms with Crippen molar-refractivity contribution >= 4 is 23.3 Å². The Balaban J connectivity index is 1.32. The lowest BCUT2D eigenvalue weighted by Crippen LogP contribution is -2.41. The van der Waals surface area contributed by atoms with Crippen LogP contribution in [0.25, 0.3) is 11.3 Å². The van der Waals surface area contributed by atoms with Gasteiger partial charge in [0.1, 0.15) is 0 Å². The van der Waals surface area contributed by atoms with E-state index in [1.807, 2.05) is 73.7 Å². The first kappa shape index (κ1) is 20.4. The van der Waals surface area contributed by atoms with Crippen LogP contribution in [0.5, 0.6) is 0 Å². The summed E-state index contributed by atoms with van der Waals surface area (Å²) in [5.41, 5.74) is 2.93. The van der Waals surface area contributed by atoms with E-state index in [9.17, 15) is 4.79 Å². The van der Waals surface area contributed by atoms with E-state index < -0.39 is 0 Å². The van der Waals surface area contributed by atoms with Crippen molar-refractivity contribution in [3.05, 3.63) is 77.3 Å². The largest absolute Gasteiger partial charge is 0.355 e. The molecule has 1 unspecified atom stereocenters. The minimum Gasteiger partial charge on any atom is -0.355 e. The fraction of sp³-hybridized carbons (Fsp3) is 0.292. The maximum atomic E-state index is 12.7. The van der Waals surface area contributed by atoms with Crippen LogP contribution in [-0.4, -0.2) is 29.2 Å². The van der Waals surface area contributed by atoms with E-state index >= 15 is 0 Å². The van der Waals surface area contributed by atoms with Gasteiger partial charge in [-0.1, -0.05) is 54.1 Å². The van der Waals surface area contributed by atoms with E-state index in [0.717, 1.165) is 48.6 Å². The fourth-order valence-corrected chi connectivity index (χ4v) is 3.92. The van der Waals surface area contributed by atoms with Gasteiger partial charge in [0.25, 0.3) is 0 Å². The number of nitrogens with one attached hydrogen (secondary N) is 1. The van der Waals surface area contributed by atoms with Crippen LogP contribution in [0, 0.1) is 5.92 Å². The molecular formula is C24H25ClN4O. The molecule has 1 aromatic heterocycles. The number of carbonyl (C=O) groups excluding carboxylic acids is 1. The number of anilines is 1. The standard InChI is InChI=1S/C24H25ClN4O/c1-17(18-5-3-2-4-6-18)26-24(30)20-13-15-29(16-14-20)23-12-11-22(27-28-23)19-7-9-21(25)10-8-19/h2-12,17,20H,13-16H2,1H3,(H,26,30). The molecule has 0 spiro atoms. The quantitative estimate of drug-likeness (QED) is 0.638. The van der Waals surface area contributed by atoms with Gasteiger partial charge in [0, 0.05) is 29.6 Å². The zero-order valence-corrected chi connectivity index (χ0v) is 17.7. The summed E-state index contributed by atoms with van der Waals surface area (Å²) in [7, 11) is 0. The number of carbonyl (C=O) groups is 1. The number of piperidine rings is 1. The molecule has 154 valence electrons. The molecule has 2 heterocycles. The Morgan fingerprint density at radius 1 is 1.00 bits per heavy atom. The first-order valence-corrected chi connectivity index (χ1v) is 10.7. The molecule has 3 aromatic rings. The summed E-state index contributed by atoms with van der Waals surface area (Å²) in [6.07, 6.45) is 1.63. The summed E-state index contributed by atoms with van der Waals surface area (Å²) < 4.78 is 0. The second kappa shape index (κ2) is 9.26. The Morgan fingerprint density at radius 2 is 1.70 bits per heavy atom. The van der Waals surface area contributed by atoms with Gasteiger partial charge >= 0.3 is 0 Å². The van der Waals surface area contributed by atoms with Crippen LogP contribution < -0.4 is 10.2 Å². The van der Waals surface area contributed by atoms with Gasteiger partial charge in [-0.2, -0.15) is 0 Å². The summed E-state index contributed by atoms with van der Waals surface area (Å²) >= 11 is 5.95. The van der Waals surface area contributed by atoms with E-state index in [1.54, 1.807) is 0 Å². The molecule has 0 radical (unpaired) electrons. The van der Waals surface area contributed by atoms with Gasteiger partial charge in [-0.05, 0) is 49.6 Å². The lowest BCUT2D eigenvalue weighted by Gasteiger charge is -2.32. The number of aromatic nitrogens is 2. The maximum Gasteiger partial charge on any atom is 0.223 e. The van der Waals surface area contributed by atoms with Crippen molar-refractivity contribution in [3.63, 3.8) is 0 Å². The average Bonchev–Trinajstić information content (AvgIpc) is 2.80. The summed E-state index contributed by atoms with van der Waals surface area (Å²) in [4.78, 5) is 14.9. The van der Waals surface area contributed by atoms with Gasteiger partial charge in [-0.15, -0.1) is 10.2 Å². The smallest absolute Gasteiger partial charge is 0.223 e. The first-order chi connectivity index (χ1) is 14.6. The molecule has 5 nitrogen and oxygen atoms in total. The normalized spacial score (nSPS) is 15.6. The average molecular weight is 421 g/mol. The third-order valence-electron chi connectivity index (χ3n) is 5.64. The monoisotopic (exact) mass is 420 g/mol. The molecule has 1 fully saturated rings. The molecule has 0 aliphatic carbocycles. The van der Waals surface area contributed by atoms with Crippen molar-refractivity contribution in [1.29, 1.82) is 0 Å². The van der Waals surface area contributed by atoms with Gasteiger partial charge in [0.15, 0.2) is 5.82 Å². The fourth-order valence-electron chi connectivity index (χ4n) is 3.80. The number of amides is 1. The Hall–Kier alpha value is -2.92. The first-order valence-electron chi connectivity index (χ1n) is 10.3. The Kier molecular flexibility index (Phi) is 6.29. The lowest BCUT2D eigenvalue weighted by molar-refractivity contribution is -0.126. The van der Waals surface area contributed by atoms with E-state index in [4.69, 9.17) is 11.6 Å². The predicted octanol–water partition coefficient (Wildman–Crippen LogP) is 4.89. The lowest BCUT2D eigenvalue weighted by atomic mass is 9.95.